The number of amides is 2. The maximum atomic E-state index is 11.8. The van der Waals surface area contributed by atoms with E-state index in [0.717, 1.165) is 10.5 Å². The van der Waals surface area contributed by atoms with Gasteiger partial charge in [-0.3, -0.25) is 9.59 Å². The van der Waals surface area contributed by atoms with E-state index >= 15 is 0 Å². The lowest BCUT2D eigenvalue weighted by molar-refractivity contribution is -0.120. The summed E-state index contributed by atoms with van der Waals surface area (Å²) in [7, 11) is 0. The molecule has 3 nitrogen and oxygen atoms in total. The van der Waals surface area contributed by atoms with Gasteiger partial charge in [-0.1, -0.05) is 11.6 Å². The molecule has 1 aromatic rings. The Bertz CT molecular complexity index is 566. The van der Waals surface area contributed by atoms with Crippen LogP contribution in [0.1, 0.15) is 12.5 Å². The number of carbonyl (C=O) groups excluding carboxylic acids is 2. The van der Waals surface area contributed by atoms with E-state index in [4.69, 9.17) is 11.6 Å². The number of anilines is 1. The Morgan fingerprint density at radius 1 is 1.24 bits per heavy atom. The van der Waals surface area contributed by atoms with Gasteiger partial charge < -0.3 is 0 Å². The highest BCUT2D eigenvalue weighted by Crippen LogP contribution is 2.34. The molecule has 1 heterocycles. The van der Waals surface area contributed by atoms with Gasteiger partial charge in [-0.25, -0.2) is 4.90 Å². The van der Waals surface area contributed by atoms with Crippen LogP contribution in [0.25, 0.3) is 0 Å². The van der Waals surface area contributed by atoms with E-state index in [9.17, 15) is 9.59 Å². The topological polar surface area (TPSA) is 37.4 Å². The van der Waals surface area contributed by atoms with Crippen LogP contribution in [-0.4, -0.2) is 11.8 Å². The first kappa shape index (κ1) is 12.3. The number of rotatable bonds is 1. The molecule has 0 bridgehead atoms. The minimum atomic E-state index is -0.340. The van der Waals surface area contributed by atoms with Gasteiger partial charge in [-0.2, -0.15) is 0 Å². The molecule has 17 heavy (non-hydrogen) atoms. The largest absolute Gasteiger partial charge is 0.269 e. The molecule has 2 rings (SSSR count). The molecule has 1 aliphatic heterocycles. The SMILES string of the molecule is CC1=CC(=O)N(c2cc(Cl)c(C)cc2Br)C1=O. The van der Waals surface area contributed by atoms with Crippen molar-refractivity contribution >= 4 is 45.0 Å². The Hall–Kier alpha value is -1.13. The molecule has 0 saturated heterocycles. The Morgan fingerprint density at radius 3 is 2.41 bits per heavy atom. The van der Waals surface area contributed by atoms with Gasteiger partial charge >= 0.3 is 0 Å². The Kier molecular flexibility index (Phi) is 3.10. The number of aryl methyl sites for hydroxylation is 1. The van der Waals surface area contributed by atoms with Crippen molar-refractivity contribution in [3.05, 3.63) is 38.8 Å². The molecule has 1 aromatic carbocycles. The van der Waals surface area contributed by atoms with Crippen molar-refractivity contribution in [3.8, 4) is 0 Å². The molecule has 0 spiro atoms. The third-order valence-electron chi connectivity index (χ3n) is 2.57. The maximum Gasteiger partial charge on any atom is 0.261 e. The van der Waals surface area contributed by atoms with Crippen LogP contribution in [0.4, 0.5) is 5.69 Å². The number of imide groups is 1. The quantitative estimate of drug-likeness (QED) is 0.746. The van der Waals surface area contributed by atoms with Gasteiger partial charge in [0.05, 0.1) is 5.69 Å². The summed E-state index contributed by atoms with van der Waals surface area (Å²) in [6.07, 6.45) is 1.32. The molecule has 5 heteroatoms. The van der Waals surface area contributed by atoms with Gasteiger partial charge in [0.15, 0.2) is 0 Å². The van der Waals surface area contributed by atoms with E-state index in [1.54, 1.807) is 19.1 Å². The second-order valence-electron chi connectivity index (χ2n) is 3.86. The number of benzene rings is 1. The smallest absolute Gasteiger partial charge is 0.261 e. The Labute approximate surface area is 112 Å². The van der Waals surface area contributed by atoms with Crippen LogP contribution in [0.15, 0.2) is 28.3 Å². The fraction of sp³-hybridized carbons (Fsp3) is 0.167. The number of halogens is 2. The first-order chi connectivity index (χ1) is 7.91. The molecular formula is C12H9BrClNO2. The normalized spacial score (nSPS) is 15.5. The van der Waals surface area contributed by atoms with Crippen molar-refractivity contribution in [2.24, 2.45) is 0 Å². The van der Waals surface area contributed by atoms with Crippen LogP contribution in [0.2, 0.25) is 5.02 Å². The first-order valence-corrected chi connectivity index (χ1v) is 6.11. The highest BCUT2D eigenvalue weighted by Gasteiger charge is 2.31. The van der Waals surface area contributed by atoms with Gasteiger partial charge in [0, 0.05) is 21.1 Å². The van der Waals surface area contributed by atoms with Gasteiger partial charge in [0.2, 0.25) is 0 Å². The van der Waals surface area contributed by atoms with Crippen LogP contribution in [-0.2, 0) is 9.59 Å². The lowest BCUT2D eigenvalue weighted by Gasteiger charge is -2.17. The summed E-state index contributed by atoms with van der Waals surface area (Å²) in [6.45, 7) is 3.47. The van der Waals surface area contributed by atoms with Crippen molar-refractivity contribution in [1.29, 1.82) is 0 Å². The molecule has 0 radical (unpaired) electrons. The standard InChI is InChI=1S/C12H9BrClNO2/c1-6-3-8(13)10(5-9(6)14)15-11(16)4-7(2)12(15)17/h3-5H,1-2H3. The third-order valence-corrected chi connectivity index (χ3v) is 3.61. The lowest BCUT2D eigenvalue weighted by atomic mass is 10.2. The van der Waals surface area contributed by atoms with Crippen LogP contribution in [0, 0.1) is 6.92 Å². The van der Waals surface area contributed by atoms with E-state index in [1.165, 1.54) is 6.08 Å². The summed E-state index contributed by atoms with van der Waals surface area (Å²) in [6, 6.07) is 3.40. The fourth-order valence-corrected chi connectivity index (χ4v) is 2.42. The predicted molar refractivity (Wildman–Crippen MR) is 70.1 cm³/mol. The first-order valence-electron chi connectivity index (χ1n) is 4.94. The summed E-state index contributed by atoms with van der Waals surface area (Å²) in [5.41, 5.74) is 1.79. The summed E-state index contributed by atoms with van der Waals surface area (Å²) in [4.78, 5) is 24.7. The van der Waals surface area contributed by atoms with Crippen molar-refractivity contribution in [1.82, 2.24) is 0 Å². The van der Waals surface area contributed by atoms with Crippen LogP contribution < -0.4 is 4.90 Å². The predicted octanol–water partition coefficient (Wildman–Crippen LogP) is 3.23. The van der Waals surface area contributed by atoms with Crippen molar-refractivity contribution in [3.63, 3.8) is 0 Å². The average molecular weight is 315 g/mol. The maximum absolute atomic E-state index is 11.8. The Balaban J connectivity index is 2.53. The van der Waals surface area contributed by atoms with Gasteiger partial charge in [0.1, 0.15) is 0 Å². The Morgan fingerprint density at radius 2 is 1.88 bits per heavy atom. The monoisotopic (exact) mass is 313 g/mol. The molecule has 88 valence electrons. The zero-order chi connectivity index (χ0) is 12.7. The second-order valence-corrected chi connectivity index (χ2v) is 5.12. The number of hydrogen-bond acceptors (Lipinski definition) is 2. The van der Waals surface area contributed by atoms with Gasteiger partial charge in [0.25, 0.3) is 11.8 Å². The summed E-state index contributed by atoms with van der Waals surface area (Å²) in [5, 5.41) is 0.522. The number of nitrogens with zero attached hydrogens (tertiary/aromatic N) is 1. The van der Waals surface area contributed by atoms with E-state index in [1.807, 2.05) is 6.92 Å². The van der Waals surface area contributed by atoms with E-state index in [0.29, 0.717) is 20.8 Å². The molecule has 1 aliphatic rings. The summed E-state index contributed by atoms with van der Waals surface area (Å²) < 4.78 is 0.671. The number of hydrogen-bond donors (Lipinski definition) is 0. The van der Waals surface area contributed by atoms with E-state index < -0.39 is 0 Å². The summed E-state index contributed by atoms with van der Waals surface area (Å²) in [5.74, 6) is -0.649. The highest BCUT2D eigenvalue weighted by atomic mass is 79.9. The zero-order valence-electron chi connectivity index (χ0n) is 9.25. The highest BCUT2D eigenvalue weighted by molar-refractivity contribution is 9.10. The van der Waals surface area contributed by atoms with Crippen molar-refractivity contribution in [2.75, 3.05) is 4.90 Å². The lowest BCUT2D eigenvalue weighted by Crippen LogP contribution is -2.30. The van der Waals surface area contributed by atoms with E-state index in [2.05, 4.69) is 15.9 Å². The van der Waals surface area contributed by atoms with Crippen molar-refractivity contribution in [2.45, 2.75) is 13.8 Å². The molecule has 0 N–H and O–H groups in total. The van der Waals surface area contributed by atoms with Gasteiger partial charge in [-0.15, -0.1) is 0 Å². The molecule has 0 fully saturated rings. The zero-order valence-corrected chi connectivity index (χ0v) is 11.6. The molecule has 0 atom stereocenters. The van der Waals surface area contributed by atoms with Gasteiger partial charge in [-0.05, 0) is 47.5 Å². The number of carbonyl (C=O) groups is 2. The van der Waals surface area contributed by atoms with Crippen LogP contribution in [0.3, 0.4) is 0 Å². The van der Waals surface area contributed by atoms with Crippen LogP contribution >= 0.6 is 27.5 Å². The average Bonchev–Trinajstić information content (AvgIpc) is 2.48. The molecular weight excluding hydrogens is 305 g/mol. The molecule has 0 unspecified atom stereocenters. The van der Waals surface area contributed by atoms with E-state index in [-0.39, 0.29) is 11.8 Å². The minimum Gasteiger partial charge on any atom is -0.269 e. The fourth-order valence-electron chi connectivity index (χ4n) is 1.62. The third kappa shape index (κ3) is 2.03. The molecule has 0 saturated carbocycles. The van der Waals surface area contributed by atoms with Crippen LogP contribution in [0.5, 0.6) is 0 Å². The summed E-state index contributed by atoms with van der Waals surface area (Å²) >= 11 is 9.35. The second kappa shape index (κ2) is 4.27. The molecule has 2 amide bonds. The van der Waals surface area contributed by atoms with Crippen molar-refractivity contribution < 1.29 is 9.59 Å². The molecule has 0 aliphatic carbocycles. The minimum absolute atomic E-state index is 0.310. The molecule has 0 aromatic heterocycles.